The van der Waals surface area contributed by atoms with Crippen LogP contribution in [0, 0.1) is 10.1 Å². The Morgan fingerprint density at radius 3 is 2.68 bits per heavy atom. The van der Waals surface area contributed by atoms with Crippen LogP contribution in [0.4, 0.5) is 5.69 Å². The Morgan fingerprint density at radius 1 is 1.21 bits per heavy atom. The van der Waals surface area contributed by atoms with Gasteiger partial charge in [0.1, 0.15) is 0 Å². The molecule has 0 unspecified atom stereocenters. The molecule has 3 aromatic rings. The summed E-state index contributed by atoms with van der Waals surface area (Å²) in [7, 11) is 1.67. The molecule has 0 bridgehead atoms. The molecule has 0 saturated carbocycles. The van der Waals surface area contributed by atoms with Gasteiger partial charge in [0.15, 0.2) is 0 Å². The third-order valence-electron chi connectivity index (χ3n) is 4.53. The van der Waals surface area contributed by atoms with Gasteiger partial charge < -0.3 is 4.90 Å². The van der Waals surface area contributed by atoms with E-state index in [0.29, 0.717) is 5.56 Å². The number of nitro benzene ring substituents is 1. The van der Waals surface area contributed by atoms with Gasteiger partial charge in [-0.05, 0) is 30.7 Å². The number of likely N-dealkylation sites (N-methyl/N-ethyl adjacent to an activating group) is 1. The van der Waals surface area contributed by atoms with E-state index in [1.54, 1.807) is 36.1 Å². The van der Waals surface area contributed by atoms with Crippen molar-refractivity contribution in [2.45, 2.75) is 13.0 Å². The van der Waals surface area contributed by atoms with Crippen molar-refractivity contribution < 1.29 is 9.72 Å². The highest BCUT2D eigenvalue weighted by molar-refractivity contribution is 5.91. The van der Waals surface area contributed by atoms with Crippen LogP contribution in [0.15, 0.2) is 73.1 Å². The van der Waals surface area contributed by atoms with E-state index in [4.69, 9.17) is 0 Å². The molecule has 1 amide bonds. The van der Waals surface area contributed by atoms with Crippen LogP contribution in [0.2, 0.25) is 0 Å². The lowest BCUT2D eigenvalue weighted by Crippen LogP contribution is -2.28. The van der Waals surface area contributed by atoms with Crippen molar-refractivity contribution in [2.24, 2.45) is 0 Å². The second kappa shape index (κ2) is 8.30. The van der Waals surface area contributed by atoms with Crippen molar-refractivity contribution in [1.82, 2.24) is 14.7 Å². The molecule has 0 fully saturated rings. The number of benzene rings is 2. The quantitative estimate of drug-likeness (QED) is 0.370. The zero-order valence-corrected chi connectivity index (χ0v) is 15.6. The molecule has 142 valence electrons. The normalized spacial score (nSPS) is 12.1. The first-order valence-corrected chi connectivity index (χ1v) is 8.75. The molecular formula is C21H20N4O3. The lowest BCUT2D eigenvalue weighted by Gasteiger charge is -2.24. The minimum atomic E-state index is -0.442. The van der Waals surface area contributed by atoms with Crippen LogP contribution in [-0.4, -0.2) is 32.6 Å². The zero-order valence-electron chi connectivity index (χ0n) is 15.6. The molecule has 0 spiro atoms. The Morgan fingerprint density at radius 2 is 1.96 bits per heavy atom. The first-order valence-electron chi connectivity index (χ1n) is 8.75. The van der Waals surface area contributed by atoms with E-state index in [-0.39, 0.29) is 17.6 Å². The fourth-order valence-electron chi connectivity index (χ4n) is 2.74. The second-order valence-corrected chi connectivity index (χ2v) is 6.36. The number of nitrogens with zero attached hydrogens (tertiary/aromatic N) is 4. The molecule has 0 N–H and O–H groups in total. The van der Waals surface area contributed by atoms with Gasteiger partial charge in [-0.15, -0.1) is 0 Å². The standard InChI is InChI=1S/C21H20N4O3/c1-16(18-7-6-10-20(13-18)25(27)28)23(2)21(26)12-11-17-14-22-24(15-17)19-8-4-3-5-9-19/h3-16H,1-2H3/b12-11+/t16-/m0/s1. The molecular weight excluding hydrogens is 356 g/mol. The number of hydrogen-bond donors (Lipinski definition) is 0. The van der Waals surface area contributed by atoms with Gasteiger partial charge in [0, 0.05) is 37.0 Å². The van der Waals surface area contributed by atoms with E-state index in [0.717, 1.165) is 11.3 Å². The highest BCUT2D eigenvalue weighted by atomic mass is 16.6. The summed E-state index contributed by atoms with van der Waals surface area (Å²) in [6, 6.07) is 15.7. The van der Waals surface area contributed by atoms with E-state index >= 15 is 0 Å². The number of amides is 1. The molecule has 0 aliphatic heterocycles. The Kier molecular flexibility index (Phi) is 5.64. The highest BCUT2D eigenvalue weighted by Gasteiger charge is 2.17. The maximum Gasteiger partial charge on any atom is 0.269 e. The number of hydrogen-bond acceptors (Lipinski definition) is 4. The van der Waals surface area contributed by atoms with Crippen molar-refractivity contribution in [3.63, 3.8) is 0 Å². The molecule has 7 nitrogen and oxygen atoms in total. The molecule has 28 heavy (non-hydrogen) atoms. The molecule has 0 aliphatic rings. The molecule has 3 rings (SSSR count). The molecule has 0 saturated heterocycles. The van der Waals surface area contributed by atoms with Gasteiger partial charge in [-0.2, -0.15) is 5.10 Å². The van der Waals surface area contributed by atoms with Crippen LogP contribution in [0.5, 0.6) is 0 Å². The smallest absolute Gasteiger partial charge is 0.269 e. The number of rotatable bonds is 6. The lowest BCUT2D eigenvalue weighted by molar-refractivity contribution is -0.384. The molecule has 2 aromatic carbocycles. The molecule has 1 aromatic heterocycles. The van der Waals surface area contributed by atoms with Gasteiger partial charge in [0.2, 0.25) is 5.91 Å². The average Bonchev–Trinajstić information content (AvgIpc) is 3.20. The first-order chi connectivity index (χ1) is 13.5. The van der Waals surface area contributed by atoms with Gasteiger partial charge in [-0.25, -0.2) is 4.68 Å². The van der Waals surface area contributed by atoms with Gasteiger partial charge in [-0.3, -0.25) is 14.9 Å². The monoisotopic (exact) mass is 376 g/mol. The fourth-order valence-corrected chi connectivity index (χ4v) is 2.74. The minimum absolute atomic E-state index is 0.00840. The molecule has 0 radical (unpaired) electrons. The summed E-state index contributed by atoms with van der Waals surface area (Å²) in [5, 5.41) is 15.2. The van der Waals surface area contributed by atoms with Crippen molar-refractivity contribution >= 4 is 17.7 Å². The summed E-state index contributed by atoms with van der Waals surface area (Å²) in [5.74, 6) is -0.202. The number of para-hydroxylation sites is 1. The number of aromatic nitrogens is 2. The summed E-state index contributed by atoms with van der Waals surface area (Å²) in [6.45, 7) is 1.83. The summed E-state index contributed by atoms with van der Waals surface area (Å²) in [5.41, 5.74) is 2.45. The number of non-ortho nitro benzene ring substituents is 1. The van der Waals surface area contributed by atoms with E-state index in [1.165, 1.54) is 23.1 Å². The SMILES string of the molecule is C[C@@H](c1cccc([N+](=O)[O-])c1)N(C)C(=O)/C=C/c1cnn(-c2ccccc2)c1. The summed E-state index contributed by atoms with van der Waals surface area (Å²) in [6.07, 6.45) is 6.69. The third kappa shape index (κ3) is 4.32. The summed E-state index contributed by atoms with van der Waals surface area (Å²) in [4.78, 5) is 24.6. The predicted molar refractivity (Wildman–Crippen MR) is 107 cm³/mol. The highest BCUT2D eigenvalue weighted by Crippen LogP contribution is 2.23. The molecule has 7 heteroatoms. The molecule has 0 aliphatic carbocycles. The van der Waals surface area contributed by atoms with Crippen molar-refractivity contribution in [1.29, 1.82) is 0 Å². The second-order valence-electron chi connectivity index (χ2n) is 6.36. The van der Waals surface area contributed by atoms with Crippen LogP contribution in [0.25, 0.3) is 11.8 Å². The van der Waals surface area contributed by atoms with Crippen molar-refractivity contribution in [2.75, 3.05) is 7.05 Å². The van der Waals surface area contributed by atoms with Crippen LogP contribution in [0.1, 0.15) is 24.1 Å². The Labute approximate surface area is 162 Å². The Bertz CT molecular complexity index is 1010. The minimum Gasteiger partial charge on any atom is -0.335 e. The van der Waals surface area contributed by atoms with E-state index in [1.807, 2.05) is 43.5 Å². The topological polar surface area (TPSA) is 81.3 Å². The predicted octanol–water partition coefficient (Wildman–Crippen LogP) is 4.01. The Balaban J connectivity index is 1.69. The van der Waals surface area contributed by atoms with Crippen molar-refractivity contribution in [3.05, 3.63) is 94.3 Å². The fraction of sp³-hybridized carbons (Fsp3) is 0.143. The molecule has 1 atom stereocenters. The van der Waals surface area contributed by atoms with Crippen LogP contribution < -0.4 is 0 Å². The van der Waals surface area contributed by atoms with E-state index in [9.17, 15) is 14.9 Å². The van der Waals surface area contributed by atoms with Gasteiger partial charge >= 0.3 is 0 Å². The first kappa shape index (κ1) is 19.0. The van der Waals surface area contributed by atoms with E-state index < -0.39 is 4.92 Å². The Hall–Kier alpha value is -3.74. The lowest BCUT2D eigenvalue weighted by atomic mass is 10.1. The van der Waals surface area contributed by atoms with Gasteiger partial charge in [0.05, 0.1) is 22.8 Å². The zero-order chi connectivity index (χ0) is 20.1. The van der Waals surface area contributed by atoms with Gasteiger partial charge in [-0.1, -0.05) is 30.3 Å². The number of carbonyl (C=O) groups is 1. The van der Waals surface area contributed by atoms with Crippen LogP contribution >= 0.6 is 0 Å². The number of carbonyl (C=O) groups excluding carboxylic acids is 1. The van der Waals surface area contributed by atoms with Crippen LogP contribution in [-0.2, 0) is 4.79 Å². The molecule has 1 heterocycles. The maximum absolute atomic E-state index is 12.5. The summed E-state index contributed by atoms with van der Waals surface area (Å²) >= 11 is 0. The third-order valence-corrected chi connectivity index (χ3v) is 4.53. The maximum atomic E-state index is 12.5. The van der Waals surface area contributed by atoms with Crippen molar-refractivity contribution in [3.8, 4) is 5.69 Å². The largest absolute Gasteiger partial charge is 0.335 e. The average molecular weight is 376 g/mol. The van der Waals surface area contributed by atoms with Crippen LogP contribution in [0.3, 0.4) is 0 Å². The summed E-state index contributed by atoms with van der Waals surface area (Å²) < 4.78 is 1.74. The number of nitro groups is 1. The van der Waals surface area contributed by atoms with Gasteiger partial charge in [0.25, 0.3) is 5.69 Å². The van der Waals surface area contributed by atoms with E-state index in [2.05, 4.69) is 5.10 Å².